The highest BCUT2D eigenvalue weighted by molar-refractivity contribution is 5.89. The molecule has 23 heavy (non-hydrogen) atoms. The minimum absolute atomic E-state index is 0.327. The van der Waals surface area contributed by atoms with Crippen LogP contribution in [0, 0.1) is 13.8 Å². The van der Waals surface area contributed by atoms with Gasteiger partial charge in [0.2, 0.25) is 5.71 Å². The lowest BCUT2D eigenvalue weighted by Crippen LogP contribution is -2.05. The third-order valence-corrected chi connectivity index (χ3v) is 3.57. The summed E-state index contributed by atoms with van der Waals surface area (Å²) >= 11 is 0. The minimum atomic E-state index is -0.417. The second-order valence-corrected chi connectivity index (χ2v) is 5.19. The van der Waals surface area contributed by atoms with Crippen molar-refractivity contribution in [1.82, 2.24) is 9.78 Å². The zero-order valence-electron chi connectivity index (χ0n) is 13.1. The molecule has 0 bridgehead atoms. The van der Waals surface area contributed by atoms with Crippen LogP contribution < -0.4 is 5.63 Å². The topological polar surface area (TPSA) is 74.3 Å². The van der Waals surface area contributed by atoms with E-state index in [0.717, 1.165) is 16.6 Å². The molecule has 3 aromatic rings. The van der Waals surface area contributed by atoms with Crippen LogP contribution in [-0.2, 0) is 4.74 Å². The molecule has 2 heterocycles. The predicted molar refractivity (Wildman–Crippen MR) is 85.0 cm³/mol. The molecule has 0 unspecified atom stereocenters. The summed E-state index contributed by atoms with van der Waals surface area (Å²) < 4.78 is 11.8. The fourth-order valence-electron chi connectivity index (χ4n) is 2.56. The Morgan fingerprint density at radius 3 is 2.61 bits per heavy atom. The van der Waals surface area contributed by atoms with Crippen molar-refractivity contribution in [2.45, 2.75) is 20.8 Å². The van der Waals surface area contributed by atoms with E-state index in [2.05, 4.69) is 5.10 Å². The van der Waals surface area contributed by atoms with Crippen molar-refractivity contribution in [1.29, 1.82) is 0 Å². The van der Waals surface area contributed by atoms with Gasteiger partial charge in [-0.15, -0.1) is 0 Å². The van der Waals surface area contributed by atoms with Crippen molar-refractivity contribution >= 4 is 17.1 Å². The minimum Gasteiger partial charge on any atom is -0.462 e. The fourth-order valence-corrected chi connectivity index (χ4v) is 2.56. The van der Waals surface area contributed by atoms with Crippen LogP contribution >= 0.6 is 0 Å². The molecule has 0 aliphatic heterocycles. The van der Waals surface area contributed by atoms with Crippen LogP contribution in [0.25, 0.3) is 16.8 Å². The number of carbonyl (C=O) groups excluding carboxylic acids is 1. The molecule has 6 heteroatoms. The molecule has 0 aliphatic rings. The number of benzene rings is 1. The smallest absolute Gasteiger partial charge is 0.338 e. The molecule has 3 rings (SSSR count). The lowest BCUT2D eigenvalue weighted by molar-refractivity contribution is 0.0526. The van der Waals surface area contributed by atoms with Gasteiger partial charge in [0.05, 0.1) is 28.9 Å². The van der Waals surface area contributed by atoms with E-state index >= 15 is 0 Å². The summed E-state index contributed by atoms with van der Waals surface area (Å²) in [5.74, 6) is -0.372. The van der Waals surface area contributed by atoms with Gasteiger partial charge in [-0.05, 0) is 50.6 Å². The van der Waals surface area contributed by atoms with E-state index in [1.807, 2.05) is 13.8 Å². The number of ether oxygens (including phenoxy) is 1. The van der Waals surface area contributed by atoms with E-state index in [1.54, 1.807) is 35.9 Å². The Morgan fingerprint density at radius 1 is 1.26 bits per heavy atom. The summed E-state index contributed by atoms with van der Waals surface area (Å²) in [7, 11) is 0. The molecule has 6 nitrogen and oxygen atoms in total. The number of hydrogen-bond acceptors (Lipinski definition) is 5. The Morgan fingerprint density at radius 2 is 1.96 bits per heavy atom. The number of hydrogen-bond donors (Lipinski definition) is 0. The number of nitrogens with zero attached hydrogens (tertiary/aromatic N) is 2. The van der Waals surface area contributed by atoms with Crippen molar-refractivity contribution in [3.63, 3.8) is 0 Å². The Hall–Kier alpha value is -2.89. The van der Waals surface area contributed by atoms with Gasteiger partial charge in [0.25, 0.3) is 0 Å². The van der Waals surface area contributed by atoms with Crippen LogP contribution in [0.15, 0.2) is 39.5 Å². The van der Waals surface area contributed by atoms with Gasteiger partial charge in [-0.3, -0.25) is 0 Å². The molecule has 0 amide bonds. The van der Waals surface area contributed by atoms with Gasteiger partial charge in [-0.2, -0.15) is 9.78 Å². The summed E-state index contributed by atoms with van der Waals surface area (Å²) in [6.07, 6.45) is 0. The second kappa shape index (κ2) is 5.72. The van der Waals surface area contributed by atoms with Crippen molar-refractivity contribution in [2.75, 3.05) is 6.61 Å². The van der Waals surface area contributed by atoms with Crippen molar-refractivity contribution in [2.24, 2.45) is 0 Å². The Labute approximate surface area is 132 Å². The first-order valence-electron chi connectivity index (χ1n) is 7.29. The van der Waals surface area contributed by atoms with E-state index in [1.165, 1.54) is 6.07 Å². The van der Waals surface area contributed by atoms with Gasteiger partial charge >= 0.3 is 11.6 Å². The Bertz CT molecular complexity index is 936. The van der Waals surface area contributed by atoms with Gasteiger partial charge in [0.1, 0.15) is 0 Å². The van der Waals surface area contributed by atoms with E-state index in [0.29, 0.717) is 23.6 Å². The van der Waals surface area contributed by atoms with Gasteiger partial charge in [0, 0.05) is 6.07 Å². The summed E-state index contributed by atoms with van der Waals surface area (Å²) in [5, 5.41) is 5.26. The fraction of sp³-hybridized carbons (Fsp3) is 0.235. The number of aromatic nitrogens is 2. The SMILES string of the molecule is CCOC(=O)c1ccc(-n2nc(C)c3c(C)cc(=O)oc32)cc1. The van der Waals surface area contributed by atoms with Gasteiger partial charge in [0.15, 0.2) is 0 Å². The zero-order valence-corrected chi connectivity index (χ0v) is 13.1. The third kappa shape index (κ3) is 2.63. The quantitative estimate of drug-likeness (QED) is 0.695. The highest BCUT2D eigenvalue weighted by Crippen LogP contribution is 2.23. The number of carbonyl (C=O) groups is 1. The number of fused-ring (bicyclic) bond motifs is 1. The van der Waals surface area contributed by atoms with Gasteiger partial charge in [-0.25, -0.2) is 9.59 Å². The van der Waals surface area contributed by atoms with Crippen LogP contribution in [0.1, 0.15) is 28.5 Å². The molecule has 0 radical (unpaired) electrons. The van der Waals surface area contributed by atoms with Gasteiger partial charge < -0.3 is 9.15 Å². The largest absolute Gasteiger partial charge is 0.462 e. The van der Waals surface area contributed by atoms with Crippen LogP contribution in [0.5, 0.6) is 0 Å². The second-order valence-electron chi connectivity index (χ2n) is 5.19. The number of aryl methyl sites for hydroxylation is 2. The molecule has 0 spiro atoms. The van der Waals surface area contributed by atoms with E-state index in [-0.39, 0.29) is 5.97 Å². The van der Waals surface area contributed by atoms with Crippen molar-refractivity contribution < 1.29 is 13.9 Å². The standard InChI is InChI=1S/C17H16N2O4/c1-4-22-17(21)12-5-7-13(8-6-12)19-16-15(11(3)18-19)10(2)9-14(20)23-16/h5-9H,4H2,1-3H3. The molecule has 118 valence electrons. The van der Waals surface area contributed by atoms with Crippen LogP contribution in [0.4, 0.5) is 0 Å². The van der Waals surface area contributed by atoms with E-state index in [4.69, 9.17) is 9.15 Å². The molecule has 0 saturated carbocycles. The maximum Gasteiger partial charge on any atom is 0.338 e. The molecule has 1 aromatic carbocycles. The molecule has 0 fully saturated rings. The van der Waals surface area contributed by atoms with Crippen molar-refractivity contribution in [3.05, 3.63) is 57.6 Å². The maximum absolute atomic E-state index is 11.7. The number of rotatable bonds is 3. The summed E-state index contributed by atoms with van der Waals surface area (Å²) in [5.41, 5.74) is 2.74. The first-order chi connectivity index (χ1) is 11.0. The van der Waals surface area contributed by atoms with Crippen LogP contribution in [-0.4, -0.2) is 22.4 Å². The third-order valence-electron chi connectivity index (χ3n) is 3.57. The van der Waals surface area contributed by atoms with Crippen LogP contribution in [0.3, 0.4) is 0 Å². The molecular formula is C17H16N2O4. The lowest BCUT2D eigenvalue weighted by Gasteiger charge is -2.05. The van der Waals surface area contributed by atoms with E-state index < -0.39 is 5.63 Å². The highest BCUT2D eigenvalue weighted by Gasteiger charge is 2.15. The average Bonchev–Trinajstić information content (AvgIpc) is 2.84. The summed E-state index contributed by atoms with van der Waals surface area (Å²) in [4.78, 5) is 23.3. The van der Waals surface area contributed by atoms with Crippen LogP contribution in [0.2, 0.25) is 0 Å². The zero-order chi connectivity index (χ0) is 16.6. The predicted octanol–water partition coefficient (Wildman–Crippen LogP) is 2.77. The average molecular weight is 312 g/mol. The molecule has 0 aliphatic carbocycles. The Balaban J connectivity index is 2.11. The number of esters is 1. The maximum atomic E-state index is 11.7. The Kier molecular flexibility index (Phi) is 3.73. The first-order valence-corrected chi connectivity index (χ1v) is 7.29. The normalized spacial score (nSPS) is 10.9. The molecule has 0 saturated heterocycles. The molecular weight excluding hydrogens is 296 g/mol. The summed E-state index contributed by atoms with van der Waals surface area (Å²) in [6.45, 7) is 5.80. The highest BCUT2D eigenvalue weighted by atomic mass is 16.5. The molecule has 0 atom stereocenters. The summed E-state index contributed by atoms with van der Waals surface area (Å²) in [6, 6.07) is 8.24. The van der Waals surface area contributed by atoms with Gasteiger partial charge in [-0.1, -0.05) is 0 Å². The monoisotopic (exact) mass is 312 g/mol. The van der Waals surface area contributed by atoms with E-state index in [9.17, 15) is 9.59 Å². The molecule has 0 N–H and O–H groups in total. The lowest BCUT2D eigenvalue weighted by atomic mass is 10.2. The van der Waals surface area contributed by atoms with Crippen molar-refractivity contribution in [3.8, 4) is 5.69 Å². The first kappa shape index (κ1) is 15.0. The molecule has 2 aromatic heterocycles.